The van der Waals surface area contributed by atoms with E-state index in [2.05, 4.69) is 47.0 Å². The van der Waals surface area contributed by atoms with Crippen LogP contribution in [-0.2, 0) is 13.0 Å². The van der Waals surface area contributed by atoms with Crippen molar-refractivity contribution in [2.45, 2.75) is 37.2 Å². The van der Waals surface area contributed by atoms with Crippen molar-refractivity contribution in [1.29, 1.82) is 0 Å². The molecule has 4 heteroatoms. The van der Waals surface area contributed by atoms with E-state index in [1.165, 1.54) is 10.5 Å². The van der Waals surface area contributed by atoms with Gasteiger partial charge in [-0.15, -0.1) is 11.8 Å². The zero-order valence-electron chi connectivity index (χ0n) is 11.5. The molecule has 102 valence electrons. The van der Waals surface area contributed by atoms with Crippen molar-refractivity contribution in [2.75, 3.05) is 6.26 Å². The lowest BCUT2D eigenvalue weighted by Gasteiger charge is -2.13. The fraction of sp³-hybridized carbons (Fsp3) is 0.400. The number of thioether (sulfide) groups is 1. The van der Waals surface area contributed by atoms with Crippen LogP contribution in [0.25, 0.3) is 0 Å². The molecule has 0 amide bonds. The molecule has 1 aromatic heterocycles. The third-order valence-electron chi connectivity index (χ3n) is 3.21. The van der Waals surface area contributed by atoms with Crippen LogP contribution in [0.2, 0.25) is 0 Å². The lowest BCUT2D eigenvalue weighted by atomic mass is 10.0. The smallest absolute Gasteiger partial charge is 0.110 e. The van der Waals surface area contributed by atoms with Gasteiger partial charge in [0, 0.05) is 36.3 Å². The molecule has 19 heavy (non-hydrogen) atoms. The Morgan fingerprint density at radius 2 is 2.05 bits per heavy atom. The summed E-state index contributed by atoms with van der Waals surface area (Å²) in [6.45, 7) is 3.18. The first-order chi connectivity index (χ1) is 9.24. The average Bonchev–Trinajstić information content (AvgIpc) is 2.86. The molecule has 0 aliphatic heterocycles. The Balaban J connectivity index is 2.06. The highest BCUT2D eigenvalue weighted by Gasteiger charge is 2.11. The summed E-state index contributed by atoms with van der Waals surface area (Å²) in [5.41, 5.74) is 7.45. The van der Waals surface area contributed by atoms with Crippen molar-refractivity contribution < 1.29 is 0 Å². The van der Waals surface area contributed by atoms with Gasteiger partial charge in [0.05, 0.1) is 0 Å². The van der Waals surface area contributed by atoms with Crippen LogP contribution in [0, 0.1) is 0 Å². The molecule has 3 nitrogen and oxygen atoms in total. The zero-order chi connectivity index (χ0) is 13.7. The number of aryl methyl sites for hydroxylation is 1. The maximum absolute atomic E-state index is 6.28. The van der Waals surface area contributed by atoms with E-state index < -0.39 is 0 Å². The number of nitrogens with zero attached hydrogens (tertiary/aromatic N) is 2. The molecule has 1 unspecified atom stereocenters. The van der Waals surface area contributed by atoms with Crippen LogP contribution >= 0.6 is 11.8 Å². The quantitative estimate of drug-likeness (QED) is 0.823. The maximum atomic E-state index is 6.28. The highest BCUT2D eigenvalue weighted by atomic mass is 32.2. The average molecular weight is 275 g/mol. The molecule has 1 heterocycles. The summed E-state index contributed by atoms with van der Waals surface area (Å²) in [6.07, 6.45) is 7.86. The largest absolute Gasteiger partial charge is 0.335 e. The molecule has 2 aromatic rings. The second kappa shape index (κ2) is 6.78. The van der Waals surface area contributed by atoms with Crippen molar-refractivity contribution in [1.82, 2.24) is 9.55 Å². The summed E-state index contributed by atoms with van der Waals surface area (Å²) >= 11 is 1.75. The van der Waals surface area contributed by atoms with E-state index in [1.807, 2.05) is 12.4 Å². The second-order valence-corrected chi connectivity index (χ2v) is 5.50. The molecule has 1 aromatic carbocycles. The molecule has 0 fully saturated rings. The molecule has 0 aliphatic carbocycles. The van der Waals surface area contributed by atoms with E-state index in [4.69, 9.17) is 5.73 Å². The van der Waals surface area contributed by atoms with Gasteiger partial charge in [0.2, 0.25) is 0 Å². The molecule has 1 atom stereocenters. The molecule has 0 saturated heterocycles. The highest BCUT2D eigenvalue weighted by Crippen LogP contribution is 2.20. The first-order valence-corrected chi connectivity index (χ1v) is 7.86. The summed E-state index contributed by atoms with van der Waals surface area (Å²) in [5.74, 6) is 1.07. The van der Waals surface area contributed by atoms with Crippen LogP contribution in [0.15, 0.2) is 41.6 Å². The van der Waals surface area contributed by atoms with Gasteiger partial charge in [0.25, 0.3) is 0 Å². The molecule has 0 saturated carbocycles. The Kier molecular flexibility index (Phi) is 5.05. The van der Waals surface area contributed by atoms with Crippen molar-refractivity contribution in [2.24, 2.45) is 5.73 Å². The van der Waals surface area contributed by atoms with E-state index in [-0.39, 0.29) is 6.04 Å². The van der Waals surface area contributed by atoms with Crippen molar-refractivity contribution in [3.05, 3.63) is 48.0 Å². The van der Waals surface area contributed by atoms with Gasteiger partial charge in [-0.2, -0.15) is 0 Å². The lowest BCUT2D eigenvalue weighted by Crippen LogP contribution is -2.16. The summed E-state index contributed by atoms with van der Waals surface area (Å²) in [7, 11) is 0. The third-order valence-corrected chi connectivity index (χ3v) is 3.96. The third kappa shape index (κ3) is 3.61. The zero-order valence-corrected chi connectivity index (χ0v) is 12.4. The van der Waals surface area contributed by atoms with E-state index in [0.717, 1.165) is 25.2 Å². The Hall–Kier alpha value is -1.26. The van der Waals surface area contributed by atoms with E-state index >= 15 is 0 Å². The van der Waals surface area contributed by atoms with Crippen molar-refractivity contribution in [3.63, 3.8) is 0 Å². The van der Waals surface area contributed by atoms with Gasteiger partial charge < -0.3 is 10.3 Å². The molecular weight excluding hydrogens is 254 g/mol. The van der Waals surface area contributed by atoms with Gasteiger partial charge in [-0.25, -0.2) is 4.98 Å². The van der Waals surface area contributed by atoms with Crippen LogP contribution in [-0.4, -0.2) is 15.8 Å². The number of aromatic nitrogens is 2. The second-order valence-electron chi connectivity index (χ2n) is 4.62. The number of rotatable bonds is 6. The predicted molar refractivity (Wildman–Crippen MR) is 81.4 cm³/mol. The van der Waals surface area contributed by atoms with E-state index in [1.54, 1.807) is 11.8 Å². The first kappa shape index (κ1) is 14.2. The standard InChI is InChI=1S/C15H21N3S/c1-3-9-18-10-8-17-15(18)11-14(16)12-4-6-13(19-2)7-5-12/h4-8,10,14H,3,9,11,16H2,1-2H3. The molecule has 2 rings (SSSR count). The number of imidazole rings is 1. The number of hydrogen-bond acceptors (Lipinski definition) is 3. The minimum absolute atomic E-state index is 0.00825. The summed E-state index contributed by atoms with van der Waals surface area (Å²) < 4.78 is 2.19. The van der Waals surface area contributed by atoms with Gasteiger partial charge in [0.1, 0.15) is 5.82 Å². The summed E-state index contributed by atoms with van der Waals surface area (Å²) in [4.78, 5) is 5.68. The minimum Gasteiger partial charge on any atom is -0.335 e. The number of benzene rings is 1. The van der Waals surface area contributed by atoms with Crippen molar-refractivity contribution >= 4 is 11.8 Å². The normalized spacial score (nSPS) is 12.6. The molecule has 2 N–H and O–H groups in total. The number of nitrogens with two attached hydrogens (primary N) is 1. The predicted octanol–water partition coefficient (Wildman–Crippen LogP) is 3.26. The molecular formula is C15H21N3S. The van der Waals surface area contributed by atoms with Crippen LogP contribution in [0.5, 0.6) is 0 Å². The van der Waals surface area contributed by atoms with Crippen LogP contribution in [0.4, 0.5) is 0 Å². The van der Waals surface area contributed by atoms with Crippen LogP contribution in [0.3, 0.4) is 0 Å². The Morgan fingerprint density at radius 3 is 2.68 bits per heavy atom. The van der Waals surface area contributed by atoms with E-state index in [0.29, 0.717) is 0 Å². The summed E-state index contributed by atoms with van der Waals surface area (Å²) in [5, 5.41) is 0. The monoisotopic (exact) mass is 275 g/mol. The number of hydrogen-bond donors (Lipinski definition) is 1. The summed E-state index contributed by atoms with van der Waals surface area (Å²) in [6, 6.07) is 8.48. The highest BCUT2D eigenvalue weighted by molar-refractivity contribution is 7.98. The van der Waals surface area contributed by atoms with E-state index in [9.17, 15) is 0 Å². The van der Waals surface area contributed by atoms with Gasteiger partial charge in [-0.05, 0) is 30.4 Å². The molecule has 0 spiro atoms. The van der Waals surface area contributed by atoms with Gasteiger partial charge >= 0.3 is 0 Å². The first-order valence-electron chi connectivity index (χ1n) is 6.64. The maximum Gasteiger partial charge on any atom is 0.110 e. The lowest BCUT2D eigenvalue weighted by molar-refractivity contribution is 0.598. The van der Waals surface area contributed by atoms with Crippen LogP contribution in [0.1, 0.15) is 30.8 Å². The minimum atomic E-state index is 0.00825. The molecule has 0 radical (unpaired) electrons. The Morgan fingerprint density at radius 1 is 1.32 bits per heavy atom. The Labute approximate surface area is 119 Å². The van der Waals surface area contributed by atoms with Crippen molar-refractivity contribution in [3.8, 4) is 0 Å². The fourth-order valence-corrected chi connectivity index (χ4v) is 2.55. The Bertz CT molecular complexity index is 504. The van der Waals surface area contributed by atoms with Gasteiger partial charge in [-0.3, -0.25) is 0 Å². The fourth-order valence-electron chi connectivity index (χ4n) is 2.14. The molecule has 0 bridgehead atoms. The van der Waals surface area contributed by atoms with Gasteiger partial charge in [0.15, 0.2) is 0 Å². The SMILES string of the molecule is CCCn1ccnc1CC(N)c1ccc(SC)cc1. The van der Waals surface area contributed by atoms with Crippen LogP contribution < -0.4 is 5.73 Å². The van der Waals surface area contributed by atoms with Gasteiger partial charge in [-0.1, -0.05) is 19.1 Å². The molecule has 0 aliphatic rings. The topological polar surface area (TPSA) is 43.8 Å².